The van der Waals surface area contributed by atoms with Crippen molar-refractivity contribution >= 4 is 0 Å². The quantitative estimate of drug-likeness (QED) is 0.738. The second-order valence-corrected chi connectivity index (χ2v) is 4.36. The van der Waals surface area contributed by atoms with Crippen molar-refractivity contribution in [2.45, 2.75) is 13.0 Å². The first-order valence-corrected chi connectivity index (χ1v) is 6.58. The molecule has 1 aromatic carbocycles. The zero-order valence-electron chi connectivity index (χ0n) is 11.2. The lowest BCUT2D eigenvalue weighted by Crippen LogP contribution is -2.25. The van der Waals surface area contributed by atoms with Crippen LogP contribution in [0.25, 0.3) is 5.69 Å². The van der Waals surface area contributed by atoms with Crippen molar-refractivity contribution in [1.82, 2.24) is 30.3 Å². The summed E-state index contributed by atoms with van der Waals surface area (Å²) in [6.07, 6.45) is 3.31. The van der Waals surface area contributed by atoms with Crippen LogP contribution in [-0.4, -0.2) is 31.5 Å². The Labute approximate surface area is 116 Å². The number of para-hydroxylation sites is 1. The molecule has 0 bridgehead atoms. The predicted octanol–water partition coefficient (Wildman–Crippen LogP) is 1.69. The maximum absolute atomic E-state index is 4.41. The Kier molecular flexibility index (Phi) is 3.56. The van der Waals surface area contributed by atoms with Crippen LogP contribution in [0.4, 0.5) is 0 Å². The molecule has 0 aliphatic heterocycles. The SMILES string of the molecule is CCNC(c1ncn[nH]1)c1ccnn1-c1ccccc1. The highest BCUT2D eigenvalue weighted by atomic mass is 15.3. The van der Waals surface area contributed by atoms with E-state index in [1.54, 1.807) is 6.20 Å². The van der Waals surface area contributed by atoms with E-state index in [1.807, 2.05) is 41.1 Å². The van der Waals surface area contributed by atoms with Gasteiger partial charge in [-0.2, -0.15) is 10.2 Å². The van der Waals surface area contributed by atoms with Crippen LogP contribution in [0.15, 0.2) is 48.9 Å². The van der Waals surface area contributed by atoms with E-state index < -0.39 is 0 Å². The number of aromatic nitrogens is 5. The molecule has 0 fully saturated rings. The van der Waals surface area contributed by atoms with E-state index in [2.05, 4.69) is 32.5 Å². The van der Waals surface area contributed by atoms with Gasteiger partial charge in [-0.15, -0.1) is 0 Å². The van der Waals surface area contributed by atoms with Crippen LogP contribution in [-0.2, 0) is 0 Å². The molecule has 2 aromatic heterocycles. The summed E-state index contributed by atoms with van der Waals surface area (Å²) in [6, 6.07) is 12.0. The van der Waals surface area contributed by atoms with Gasteiger partial charge in [0.1, 0.15) is 18.2 Å². The summed E-state index contributed by atoms with van der Waals surface area (Å²) in [4.78, 5) is 4.26. The Bertz CT molecular complexity index is 643. The van der Waals surface area contributed by atoms with Crippen molar-refractivity contribution in [3.8, 4) is 5.69 Å². The molecular formula is C14H16N6. The molecule has 102 valence electrons. The molecule has 0 amide bonds. The van der Waals surface area contributed by atoms with Gasteiger partial charge in [0.05, 0.1) is 11.4 Å². The second kappa shape index (κ2) is 5.66. The molecule has 3 rings (SSSR count). The number of hydrogen-bond acceptors (Lipinski definition) is 4. The van der Waals surface area contributed by atoms with Gasteiger partial charge in [-0.1, -0.05) is 25.1 Å². The number of hydrogen-bond donors (Lipinski definition) is 2. The number of rotatable bonds is 5. The van der Waals surface area contributed by atoms with Gasteiger partial charge >= 0.3 is 0 Å². The fraction of sp³-hybridized carbons (Fsp3) is 0.214. The lowest BCUT2D eigenvalue weighted by Gasteiger charge is -2.17. The van der Waals surface area contributed by atoms with Crippen molar-refractivity contribution in [2.24, 2.45) is 0 Å². The fourth-order valence-corrected chi connectivity index (χ4v) is 2.22. The first-order valence-electron chi connectivity index (χ1n) is 6.58. The van der Waals surface area contributed by atoms with Crippen molar-refractivity contribution in [3.05, 3.63) is 60.4 Å². The lowest BCUT2D eigenvalue weighted by atomic mass is 10.2. The van der Waals surface area contributed by atoms with E-state index in [-0.39, 0.29) is 6.04 Å². The molecule has 0 saturated carbocycles. The summed E-state index contributed by atoms with van der Waals surface area (Å²) in [5.74, 6) is 0.782. The largest absolute Gasteiger partial charge is 0.303 e. The summed E-state index contributed by atoms with van der Waals surface area (Å²) in [7, 11) is 0. The molecule has 0 spiro atoms. The maximum atomic E-state index is 4.41. The zero-order valence-corrected chi connectivity index (χ0v) is 11.2. The molecule has 0 aliphatic rings. The fourth-order valence-electron chi connectivity index (χ4n) is 2.22. The molecule has 6 heteroatoms. The number of aromatic amines is 1. The first-order chi connectivity index (χ1) is 9.90. The van der Waals surface area contributed by atoms with Gasteiger partial charge in [-0.25, -0.2) is 9.67 Å². The molecule has 0 radical (unpaired) electrons. The summed E-state index contributed by atoms with van der Waals surface area (Å²) in [5, 5.41) is 14.7. The molecule has 6 nitrogen and oxygen atoms in total. The standard InChI is InChI=1S/C14H16N6/c1-2-15-13(14-16-10-17-19-14)12-8-9-18-20(12)11-6-4-3-5-7-11/h3-10,13,15H,2H2,1H3,(H,16,17,19). The van der Waals surface area contributed by atoms with E-state index >= 15 is 0 Å². The molecule has 0 saturated heterocycles. The Morgan fingerprint density at radius 2 is 2.10 bits per heavy atom. The highest BCUT2D eigenvalue weighted by Gasteiger charge is 2.20. The second-order valence-electron chi connectivity index (χ2n) is 4.36. The molecule has 0 aliphatic carbocycles. The minimum absolute atomic E-state index is 0.0646. The third-order valence-corrected chi connectivity index (χ3v) is 3.08. The van der Waals surface area contributed by atoms with Gasteiger partial charge in [-0.3, -0.25) is 5.10 Å². The molecule has 1 atom stereocenters. The van der Waals surface area contributed by atoms with Crippen LogP contribution < -0.4 is 5.32 Å². The van der Waals surface area contributed by atoms with Crippen LogP contribution in [0, 0.1) is 0 Å². The average molecular weight is 268 g/mol. The highest BCUT2D eigenvalue weighted by Crippen LogP contribution is 2.21. The first kappa shape index (κ1) is 12.6. The van der Waals surface area contributed by atoms with Crippen molar-refractivity contribution in [3.63, 3.8) is 0 Å². The normalized spacial score (nSPS) is 12.4. The minimum Gasteiger partial charge on any atom is -0.303 e. The maximum Gasteiger partial charge on any atom is 0.147 e. The van der Waals surface area contributed by atoms with E-state index in [0.29, 0.717) is 0 Å². The van der Waals surface area contributed by atoms with E-state index in [9.17, 15) is 0 Å². The summed E-state index contributed by atoms with van der Waals surface area (Å²) >= 11 is 0. The van der Waals surface area contributed by atoms with Crippen LogP contribution >= 0.6 is 0 Å². The van der Waals surface area contributed by atoms with E-state index in [0.717, 1.165) is 23.8 Å². The van der Waals surface area contributed by atoms with Gasteiger partial charge in [-0.05, 0) is 24.7 Å². The lowest BCUT2D eigenvalue weighted by molar-refractivity contribution is 0.568. The minimum atomic E-state index is -0.0646. The van der Waals surface area contributed by atoms with Crippen molar-refractivity contribution < 1.29 is 0 Å². The molecule has 2 N–H and O–H groups in total. The molecule has 20 heavy (non-hydrogen) atoms. The summed E-state index contributed by atoms with van der Waals surface area (Å²) in [6.45, 7) is 2.89. The van der Waals surface area contributed by atoms with Crippen LogP contribution in [0.5, 0.6) is 0 Å². The molecule has 1 unspecified atom stereocenters. The third-order valence-electron chi connectivity index (χ3n) is 3.08. The number of H-pyrrole nitrogens is 1. The number of benzene rings is 1. The Balaban J connectivity index is 2.03. The highest BCUT2D eigenvalue weighted by molar-refractivity contribution is 5.34. The van der Waals surface area contributed by atoms with Crippen LogP contribution in [0.1, 0.15) is 24.5 Å². The molecule has 2 heterocycles. The average Bonchev–Trinajstić information content (AvgIpc) is 3.17. The van der Waals surface area contributed by atoms with Gasteiger partial charge in [0.2, 0.25) is 0 Å². The number of nitrogens with zero attached hydrogens (tertiary/aromatic N) is 4. The number of nitrogens with one attached hydrogen (secondary N) is 2. The predicted molar refractivity (Wildman–Crippen MR) is 75.5 cm³/mol. The van der Waals surface area contributed by atoms with Crippen molar-refractivity contribution in [2.75, 3.05) is 6.54 Å². The van der Waals surface area contributed by atoms with Gasteiger partial charge in [0.15, 0.2) is 0 Å². The monoisotopic (exact) mass is 268 g/mol. The van der Waals surface area contributed by atoms with Crippen molar-refractivity contribution in [1.29, 1.82) is 0 Å². The Morgan fingerprint density at radius 3 is 2.80 bits per heavy atom. The van der Waals surface area contributed by atoms with E-state index in [1.165, 1.54) is 6.33 Å². The Hall–Kier alpha value is -2.47. The van der Waals surface area contributed by atoms with Gasteiger partial charge < -0.3 is 5.32 Å². The third kappa shape index (κ3) is 2.33. The zero-order chi connectivity index (χ0) is 13.8. The molecule has 3 aromatic rings. The van der Waals surface area contributed by atoms with Crippen LogP contribution in [0.3, 0.4) is 0 Å². The van der Waals surface area contributed by atoms with E-state index in [4.69, 9.17) is 0 Å². The smallest absolute Gasteiger partial charge is 0.147 e. The van der Waals surface area contributed by atoms with Gasteiger partial charge in [0.25, 0.3) is 0 Å². The van der Waals surface area contributed by atoms with Gasteiger partial charge in [0, 0.05) is 6.20 Å². The molecular weight excluding hydrogens is 252 g/mol. The Morgan fingerprint density at radius 1 is 1.25 bits per heavy atom. The topological polar surface area (TPSA) is 71.4 Å². The van der Waals surface area contributed by atoms with Crippen LogP contribution in [0.2, 0.25) is 0 Å². The summed E-state index contributed by atoms with van der Waals surface area (Å²) < 4.78 is 1.91. The summed E-state index contributed by atoms with van der Waals surface area (Å²) in [5.41, 5.74) is 2.05.